The Kier molecular flexibility index (Phi) is 7.05. The maximum atomic E-state index is 12.1. The summed E-state index contributed by atoms with van der Waals surface area (Å²) < 4.78 is 0. The average molecular weight is 296 g/mol. The summed E-state index contributed by atoms with van der Waals surface area (Å²) in [6.45, 7) is 4.78. The number of aliphatic hydroxyl groups excluding tert-OH is 1. The van der Waals surface area contributed by atoms with Crippen molar-refractivity contribution >= 4 is 17.7 Å². The molecule has 112 valence electrons. The van der Waals surface area contributed by atoms with E-state index < -0.39 is 5.54 Å². The van der Waals surface area contributed by atoms with Crippen molar-refractivity contribution in [2.75, 3.05) is 18.9 Å². The number of amides is 1. The first-order chi connectivity index (χ1) is 9.56. The number of carbonyl (C=O) groups excluding carboxylic acids is 1. The number of carbonyl (C=O) groups is 1. The van der Waals surface area contributed by atoms with E-state index in [1.54, 1.807) is 11.8 Å². The topological polar surface area (TPSA) is 75.3 Å². The van der Waals surface area contributed by atoms with Crippen LogP contribution in [-0.2, 0) is 10.3 Å². The Labute approximate surface area is 125 Å². The molecule has 1 aromatic rings. The van der Waals surface area contributed by atoms with E-state index >= 15 is 0 Å². The summed E-state index contributed by atoms with van der Waals surface area (Å²) in [5, 5.41) is 12.5. The van der Waals surface area contributed by atoms with Gasteiger partial charge in [-0.1, -0.05) is 44.2 Å². The lowest BCUT2D eigenvalue weighted by Gasteiger charge is -2.33. The van der Waals surface area contributed by atoms with Gasteiger partial charge in [-0.2, -0.15) is 11.8 Å². The Bertz CT molecular complexity index is 414. The lowest BCUT2D eigenvalue weighted by Crippen LogP contribution is -2.55. The molecule has 0 aliphatic carbocycles. The normalized spacial score (nSPS) is 15.6. The van der Waals surface area contributed by atoms with E-state index in [2.05, 4.69) is 5.32 Å². The molecule has 0 spiro atoms. The fourth-order valence-electron chi connectivity index (χ4n) is 1.92. The van der Waals surface area contributed by atoms with Crippen molar-refractivity contribution in [3.63, 3.8) is 0 Å². The third-order valence-electron chi connectivity index (χ3n) is 3.21. The molecule has 2 unspecified atom stereocenters. The van der Waals surface area contributed by atoms with Crippen molar-refractivity contribution in [1.82, 2.24) is 5.32 Å². The van der Waals surface area contributed by atoms with E-state index in [9.17, 15) is 4.79 Å². The van der Waals surface area contributed by atoms with E-state index in [4.69, 9.17) is 10.8 Å². The molecule has 0 saturated heterocycles. The molecule has 1 amide bonds. The molecule has 0 aromatic heterocycles. The first-order valence-corrected chi connectivity index (χ1v) is 7.94. The van der Waals surface area contributed by atoms with Gasteiger partial charge in [-0.15, -0.1) is 0 Å². The summed E-state index contributed by atoms with van der Waals surface area (Å²) in [6, 6.07) is 9.55. The minimum atomic E-state index is -0.884. The molecule has 0 fully saturated rings. The molecule has 0 heterocycles. The van der Waals surface area contributed by atoms with Crippen LogP contribution in [0.15, 0.2) is 30.3 Å². The molecule has 0 bridgehead atoms. The smallest absolute Gasteiger partial charge is 0.243 e. The Balaban J connectivity index is 3.04. The largest absolute Gasteiger partial charge is 0.395 e. The number of aliphatic hydroxyl groups is 1. The van der Waals surface area contributed by atoms with Crippen LogP contribution in [0.4, 0.5) is 0 Å². The summed E-state index contributed by atoms with van der Waals surface area (Å²) in [5.74, 6) is 0.128. The highest BCUT2D eigenvalue weighted by molar-refractivity contribution is 8.00. The highest BCUT2D eigenvalue weighted by atomic mass is 32.2. The molecule has 0 radical (unpaired) electrons. The van der Waals surface area contributed by atoms with E-state index in [-0.39, 0.29) is 17.8 Å². The summed E-state index contributed by atoms with van der Waals surface area (Å²) in [4.78, 5) is 12.1. The molecule has 1 rings (SSSR count). The Morgan fingerprint density at radius 3 is 2.60 bits per heavy atom. The van der Waals surface area contributed by atoms with E-state index in [1.165, 1.54) is 0 Å². The molecule has 4 nitrogen and oxygen atoms in total. The van der Waals surface area contributed by atoms with Crippen molar-refractivity contribution in [2.45, 2.75) is 31.1 Å². The van der Waals surface area contributed by atoms with Crippen LogP contribution in [0.25, 0.3) is 0 Å². The molecule has 1 aromatic carbocycles. The quantitative estimate of drug-likeness (QED) is 0.645. The molecule has 5 heteroatoms. The number of hydrogen-bond acceptors (Lipinski definition) is 4. The van der Waals surface area contributed by atoms with E-state index in [0.717, 1.165) is 12.0 Å². The van der Waals surface area contributed by atoms with Gasteiger partial charge in [0, 0.05) is 11.0 Å². The molecular formula is C15H24N2O2S. The van der Waals surface area contributed by atoms with Gasteiger partial charge in [0.2, 0.25) is 5.91 Å². The number of nitrogens with two attached hydrogens (primary N) is 1. The highest BCUT2D eigenvalue weighted by Gasteiger charge is 2.38. The van der Waals surface area contributed by atoms with Crippen LogP contribution in [0.1, 0.15) is 25.8 Å². The standard InChI is InChI=1S/C15H24N2O2S/c1-3-9-17-15(14(16)19,11-20-12(2)10-18)13-7-5-4-6-8-13/h4-8,12,17-18H,3,9-11H2,1-2H3,(H2,16,19). The third-order valence-corrected chi connectivity index (χ3v) is 4.52. The molecule has 2 atom stereocenters. The van der Waals surface area contributed by atoms with Crippen LogP contribution < -0.4 is 11.1 Å². The number of benzene rings is 1. The Morgan fingerprint density at radius 2 is 2.10 bits per heavy atom. The fraction of sp³-hybridized carbons (Fsp3) is 0.533. The van der Waals surface area contributed by atoms with Gasteiger partial charge < -0.3 is 10.8 Å². The van der Waals surface area contributed by atoms with Gasteiger partial charge in [-0.05, 0) is 18.5 Å². The Morgan fingerprint density at radius 1 is 1.45 bits per heavy atom. The number of rotatable bonds is 9. The van der Waals surface area contributed by atoms with Crippen molar-refractivity contribution in [1.29, 1.82) is 0 Å². The van der Waals surface area contributed by atoms with Crippen LogP contribution in [0.3, 0.4) is 0 Å². The highest BCUT2D eigenvalue weighted by Crippen LogP contribution is 2.27. The first kappa shape index (κ1) is 17.0. The predicted octanol–water partition coefficient (Wildman–Crippen LogP) is 1.48. The summed E-state index contributed by atoms with van der Waals surface area (Å²) in [7, 11) is 0. The molecule has 0 saturated carbocycles. The maximum Gasteiger partial charge on any atom is 0.243 e. The minimum Gasteiger partial charge on any atom is -0.395 e. The zero-order chi connectivity index (χ0) is 15.0. The monoisotopic (exact) mass is 296 g/mol. The zero-order valence-corrected chi connectivity index (χ0v) is 13.0. The van der Waals surface area contributed by atoms with Crippen LogP contribution >= 0.6 is 11.8 Å². The van der Waals surface area contributed by atoms with Crippen molar-refractivity contribution < 1.29 is 9.90 Å². The Hall–Kier alpha value is -1.04. The predicted molar refractivity (Wildman–Crippen MR) is 84.6 cm³/mol. The second-order valence-corrected chi connectivity index (χ2v) is 6.29. The van der Waals surface area contributed by atoms with Gasteiger partial charge in [0.15, 0.2) is 0 Å². The lowest BCUT2D eigenvalue weighted by atomic mass is 9.91. The van der Waals surface area contributed by atoms with E-state index in [0.29, 0.717) is 12.3 Å². The number of primary amides is 1. The van der Waals surface area contributed by atoms with Crippen molar-refractivity contribution in [3.8, 4) is 0 Å². The molecular weight excluding hydrogens is 272 g/mol. The third kappa shape index (κ3) is 4.23. The van der Waals surface area contributed by atoms with Crippen LogP contribution in [0, 0.1) is 0 Å². The number of thioether (sulfide) groups is 1. The average Bonchev–Trinajstić information content (AvgIpc) is 2.48. The SMILES string of the molecule is CCCNC(CSC(C)CO)(C(N)=O)c1ccccc1. The van der Waals surface area contributed by atoms with Gasteiger partial charge in [-0.25, -0.2) is 0 Å². The van der Waals surface area contributed by atoms with Gasteiger partial charge in [0.1, 0.15) is 5.54 Å². The molecule has 0 aliphatic rings. The first-order valence-electron chi connectivity index (χ1n) is 6.89. The van der Waals surface area contributed by atoms with Gasteiger partial charge in [0.05, 0.1) is 6.61 Å². The van der Waals surface area contributed by atoms with Gasteiger partial charge in [0.25, 0.3) is 0 Å². The lowest BCUT2D eigenvalue weighted by molar-refractivity contribution is -0.123. The van der Waals surface area contributed by atoms with Crippen LogP contribution in [0.2, 0.25) is 0 Å². The van der Waals surface area contributed by atoms with Gasteiger partial charge >= 0.3 is 0 Å². The molecule has 0 aliphatic heterocycles. The second-order valence-electron chi connectivity index (χ2n) is 4.87. The summed E-state index contributed by atoms with van der Waals surface area (Å²) >= 11 is 1.54. The zero-order valence-electron chi connectivity index (χ0n) is 12.1. The number of hydrogen-bond donors (Lipinski definition) is 3. The maximum absolute atomic E-state index is 12.1. The summed E-state index contributed by atoms with van der Waals surface area (Å²) in [6.07, 6.45) is 0.919. The van der Waals surface area contributed by atoms with Crippen molar-refractivity contribution in [3.05, 3.63) is 35.9 Å². The summed E-state index contributed by atoms with van der Waals surface area (Å²) in [5.41, 5.74) is 5.69. The van der Waals surface area contributed by atoms with Crippen molar-refractivity contribution in [2.24, 2.45) is 5.73 Å². The fourth-order valence-corrected chi connectivity index (χ4v) is 2.97. The second kappa shape index (κ2) is 8.29. The molecule has 4 N–H and O–H groups in total. The van der Waals surface area contributed by atoms with E-state index in [1.807, 2.05) is 44.2 Å². The van der Waals surface area contributed by atoms with Gasteiger partial charge in [-0.3, -0.25) is 10.1 Å². The number of nitrogens with one attached hydrogen (secondary N) is 1. The van der Waals surface area contributed by atoms with Crippen LogP contribution in [-0.4, -0.2) is 35.2 Å². The van der Waals surface area contributed by atoms with Crippen LogP contribution in [0.5, 0.6) is 0 Å². The minimum absolute atomic E-state index is 0.0702. The molecule has 20 heavy (non-hydrogen) atoms.